The summed E-state index contributed by atoms with van der Waals surface area (Å²) in [7, 11) is 0. The Morgan fingerprint density at radius 1 is 1.30 bits per heavy atom. The molecular weight excluding hydrogens is 498 g/mol. The smallest absolute Gasteiger partial charge is 0.0824 e. The van der Waals surface area contributed by atoms with Gasteiger partial charge in [-0.2, -0.15) is 0 Å². The van der Waals surface area contributed by atoms with Crippen LogP contribution in [0, 0.1) is 5.92 Å². The Morgan fingerprint density at radius 2 is 2.18 bits per heavy atom. The molecule has 1 aromatic carbocycles. The first-order chi connectivity index (χ1) is 16.1. The number of halogens is 2. The SMILES string of the molecule is C/C(=C\C(=NC1=C(Br)C=NC1)C1CCCN(Cc2cccc(Cl)c2)C1)NCc1cccnc1. The molecule has 5 nitrogen and oxygen atoms in total. The van der Waals surface area contributed by atoms with E-state index in [2.05, 4.69) is 67.3 Å². The van der Waals surface area contributed by atoms with Crippen molar-refractivity contribution in [3.63, 3.8) is 0 Å². The third-order valence-corrected chi connectivity index (χ3v) is 6.76. The van der Waals surface area contributed by atoms with Crippen molar-refractivity contribution in [2.24, 2.45) is 15.9 Å². The molecule has 1 aromatic heterocycles. The molecule has 0 spiro atoms. The second-order valence-electron chi connectivity index (χ2n) is 8.55. The van der Waals surface area contributed by atoms with Crippen LogP contribution >= 0.6 is 27.5 Å². The summed E-state index contributed by atoms with van der Waals surface area (Å²) in [6, 6.07) is 12.2. The minimum Gasteiger partial charge on any atom is -0.384 e. The predicted molar refractivity (Wildman–Crippen MR) is 141 cm³/mol. The Hall–Kier alpha value is -2.28. The van der Waals surface area contributed by atoms with Gasteiger partial charge in [0.25, 0.3) is 0 Å². The number of benzene rings is 1. The van der Waals surface area contributed by atoms with E-state index in [9.17, 15) is 0 Å². The average molecular weight is 527 g/mol. The number of allylic oxidation sites excluding steroid dienone is 3. The van der Waals surface area contributed by atoms with Gasteiger partial charge in [-0.1, -0.05) is 29.8 Å². The van der Waals surface area contributed by atoms with Crippen LogP contribution in [0.5, 0.6) is 0 Å². The van der Waals surface area contributed by atoms with E-state index in [1.165, 1.54) is 5.56 Å². The number of pyridine rings is 1. The number of hydrogen-bond donors (Lipinski definition) is 1. The molecule has 2 aliphatic heterocycles. The highest BCUT2D eigenvalue weighted by Gasteiger charge is 2.24. The fraction of sp³-hybridized carbons (Fsp3) is 0.346. The fourth-order valence-electron chi connectivity index (χ4n) is 4.20. The van der Waals surface area contributed by atoms with Crippen LogP contribution in [0.1, 0.15) is 30.9 Å². The van der Waals surface area contributed by atoms with Gasteiger partial charge in [-0.25, -0.2) is 0 Å². The van der Waals surface area contributed by atoms with Crippen molar-refractivity contribution in [1.29, 1.82) is 0 Å². The second-order valence-corrected chi connectivity index (χ2v) is 9.84. The lowest BCUT2D eigenvalue weighted by Crippen LogP contribution is -2.38. The molecule has 1 N–H and O–H groups in total. The minimum absolute atomic E-state index is 0.362. The third kappa shape index (κ3) is 7.10. The van der Waals surface area contributed by atoms with Crippen LogP contribution in [-0.2, 0) is 13.1 Å². The van der Waals surface area contributed by atoms with Crippen molar-refractivity contribution >= 4 is 39.5 Å². The first kappa shape index (κ1) is 23.9. The van der Waals surface area contributed by atoms with E-state index in [0.29, 0.717) is 12.5 Å². The zero-order valence-corrected chi connectivity index (χ0v) is 21.2. The van der Waals surface area contributed by atoms with Crippen molar-refractivity contribution in [3.05, 3.63) is 86.9 Å². The number of aromatic nitrogens is 1. The van der Waals surface area contributed by atoms with Crippen LogP contribution in [0.15, 0.2) is 80.7 Å². The molecule has 7 heteroatoms. The first-order valence-electron chi connectivity index (χ1n) is 11.3. The van der Waals surface area contributed by atoms with E-state index in [0.717, 1.165) is 71.2 Å². The summed E-state index contributed by atoms with van der Waals surface area (Å²) < 4.78 is 0.973. The molecule has 0 aliphatic carbocycles. The maximum absolute atomic E-state index is 6.20. The number of likely N-dealkylation sites (tertiary alicyclic amines) is 1. The Balaban J connectivity index is 1.50. The number of aliphatic imine (C=N–C) groups is 2. The second kappa shape index (κ2) is 11.7. The highest BCUT2D eigenvalue weighted by atomic mass is 79.9. The summed E-state index contributed by atoms with van der Waals surface area (Å²) in [5.74, 6) is 0.362. The van der Waals surface area contributed by atoms with Crippen molar-refractivity contribution in [1.82, 2.24) is 15.2 Å². The Labute approximate surface area is 209 Å². The van der Waals surface area contributed by atoms with Gasteiger partial charge in [0.2, 0.25) is 0 Å². The van der Waals surface area contributed by atoms with E-state index in [1.54, 1.807) is 6.20 Å². The Morgan fingerprint density at radius 3 is 2.94 bits per heavy atom. The molecule has 0 radical (unpaired) electrons. The molecule has 3 heterocycles. The van der Waals surface area contributed by atoms with Crippen LogP contribution in [-0.4, -0.2) is 41.4 Å². The monoisotopic (exact) mass is 525 g/mol. The largest absolute Gasteiger partial charge is 0.384 e. The number of rotatable bonds is 8. The van der Waals surface area contributed by atoms with E-state index < -0.39 is 0 Å². The van der Waals surface area contributed by atoms with Crippen molar-refractivity contribution in [2.75, 3.05) is 19.6 Å². The van der Waals surface area contributed by atoms with Crippen molar-refractivity contribution in [2.45, 2.75) is 32.9 Å². The zero-order valence-electron chi connectivity index (χ0n) is 18.8. The molecule has 172 valence electrons. The number of piperidine rings is 1. The zero-order chi connectivity index (χ0) is 23.0. The fourth-order valence-corrected chi connectivity index (χ4v) is 4.77. The van der Waals surface area contributed by atoms with Crippen LogP contribution in [0.2, 0.25) is 5.02 Å². The van der Waals surface area contributed by atoms with Crippen LogP contribution in [0.25, 0.3) is 0 Å². The highest BCUT2D eigenvalue weighted by molar-refractivity contribution is 9.12. The van der Waals surface area contributed by atoms with Crippen LogP contribution in [0.3, 0.4) is 0 Å². The molecule has 0 saturated carbocycles. The molecule has 4 rings (SSSR count). The van der Waals surface area contributed by atoms with Crippen molar-refractivity contribution in [3.8, 4) is 0 Å². The van der Waals surface area contributed by atoms with Gasteiger partial charge in [0.05, 0.1) is 16.7 Å². The molecule has 1 atom stereocenters. The average Bonchev–Trinajstić information content (AvgIpc) is 3.22. The van der Waals surface area contributed by atoms with E-state index in [-0.39, 0.29) is 0 Å². The molecule has 33 heavy (non-hydrogen) atoms. The summed E-state index contributed by atoms with van der Waals surface area (Å²) in [6.45, 7) is 6.44. The molecule has 1 fully saturated rings. The van der Waals surface area contributed by atoms with Gasteiger partial charge in [0.1, 0.15) is 0 Å². The lowest BCUT2D eigenvalue weighted by atomic mass is 9.92. The topological polar surface area (TPSA) is 52.9 Å². The molecule has 1 unspecified atom stereocenters. The van der Waals surface area contributed by atoms with Gasteiger partial charge < -0.3 is 5.32 Å². The van der Waals surface area contributed by atoms with Gasteiger partial charge in [0, 0.05) is 60.6 Å². The van der Waals surface area contributed by atoms with E-state index in [4.69, 9.17) is 16.6 Å². The van der Waals surface area contributed by atoms with Gasteiger partial charge >= 0.3 is 0 Å². The quantitative estimate of drug-likeness (QED) is 0.444. The van der Waals surface area contributed by atoms with Crippen molar-refractivity contribution < 1.29 is 0 Å². The summed E-state index contributed by atoms with van der Waals surface area (Å²) in [6.07, 6.45) is 10.0. The molecule has 2 aliphatic rings. The predicted octanol–water partition coefficient (Wildman–Crippen LogP) is 5.77. The summed E-state index contributed by atoms with van der Waals surface area (Å²) >= 11 is 9.81. The molecule has 0 amide bonds. The maximum Gasteiger partial charge on any atom is 0.0824 e. The Kier molecular flexibility index (Phi) is 8.48. The van der Waals surface area contributed by atoms with Gasteiger partial charge in [-0.3, -0.25) is 19.9 Å². The number of nitrogens with one attached hydrogen (secondary N) is 1. The molecule has 1 saturated heterocycles. The summed E-state index contributed by atoms with van der Waals surface area (Å²) in [5.41, 5.74) is 5.61. The lowest BCUT2D eigenvalue weighted by Gasteiger charge is -2.33. The summed E-state index contributed by atoms with van der Waals surface area (Å²) in [5, 5.41) is 4.31. The summed E-state index contributed by atoms with van der Waals surface area (Å²) in [4.78, 5) is 16.1. The number of hydrogen-bond acceptors (Lipinski definition) is 5. The normalized spacial score (nSPS) is 19.9. The standard InChI is InChI=1S/C26H29BrClN5/c1-19(31-14-21-6-3-9-29-13-21)11-25(32-26-16-30-15-24(26)27)22-7-4-10-33(18-22)17-20-5-2-8-23(28)12-20/h2-3,5-6,8-9,11-13,15,22,31H,4,7,10,14,16-18H2,1H3/b19-11+,32-25?. The first-order valence-corrected chi connectivity index (χ1v) is 12.5. The van der Waals surface area contributed by atoms with Gasteiger partial charge in [-0.15, -0.1) is 0 Å². The van der Waals surface area contributed by atoms with E-state index in [1.807, 2.05) is 30.6 Å². The maximum atomic E-state index is 6.20. The van der Waals surface area contributed by atoms with Crippen LogP contribution < -0.4 is 5.32 Å². The minimum atomic E-state index is 0.362. The lowest BCUT2D eigenvalue weighted by molar-refractivity contribution is 0.197. The van der Waals surface area contributed by atoms with Crippen LogP contribution in [0.4, 0.5) is 0 Å². The highest BCUT2D eigenvalue weighted by Crippen LogP contribution is 2.25. The molecule has 0 bridgehead atoms. The van der Waals surface area contributed by atoms with Gasteiger partial charge in [0.15, 0.2) is 0 Å². The molecular formula is C26H29BrClN5. The third-order valence-electron chi connectivity index (χ3n) is 5.86. The Bertz CT molecular complexity index is 1080. The number of nitrogens with zero attached hydrogens (tertiary/aromatic N) is 4. The van der Waals surface area contributed by atoms with E-state index >= 15 is 0 Å². The molecule has 2 aromatic rings. The van der Waals surface area contributed by atoms with Gasteiger partial charge in [-0.05, 0) is 77.6 Å².